The quantitative estimate of drug-likeness (QED) is 0.715. The Morgan fingerprint density at radius 3 is 2.61 bits per heavy atom. The molecule has 1 aliphatic heterocycles. The van der Waals surface area contributed by atoms with Crippen molar-refractivity contribution in [2.24, 2.45) is 0 Å². The van der Waals surface area contributed by atoms with E-state index in [0.717, 1.165) is 23.8 Å². The minimum atomic E-state index is -3.83. The molecule has 1 unspecified atom stereocenters. The molecular formula is C20H23ClN2O4S. The summed E-state index contributed by atoms with van der Waals surface area (Å²) >= 11 is 5.97. The number of sulfonamides is 1. The highest BCUT2D eigenvalue weighted by Gasteiger charge is 2.25. The molecule has 1 amide bonds. The van der Waals surface area contributed by atoms with Gasteiger partial charge < -0.3 is 9.64 Å². The fourth-order valence-corrected chi connectivity index (χ4v) is 4.57. The Balaban J connectivity index is 1.82. The number of carbonyl (C=O) groups is 1. The first-order valence-corrected chi connectivity index (χ1v) is 10.8. The van der Waals surface area contributed by atoms with Crippen LogP contribution in [0.1, 0.15) is 23.2 Å². The van der Waals surface area contributed by atoms with Crippen molar-refractivity contribution in [3.63, 3.8) is 0 Å². The van der Waals surface area contributed by atoms with Gasteiger partial charge in [0.1, 0.15) is 0 Å². The predicted octanol–water partition coefficient (Wildman–Crippen LogP) is 3.42. The summed E-state index contributed by atoms with van der Waals surface area (Å²) in [5, 5.41) is 0.444. The van der Waals surface area contributed by atoms with Gasteiger partial charge in [-0.25, -0.2) is 8.42 Å². The largest absolute Gasteiger partial charge is 0.376 e. The van der Waals surface area contributed by atoms with E-state index in [1.165, 1.54) is 19.2 Å². The number of likely N-dealkylation sites (N-methyl/N-ethyl adjacent to an activating group) is 1. The minimum Gasteiger partial charge on any atom is -0.376 e. The molecule has 0 radical (unpaired) electrons. The summed E-state index contributed by atoms with van der Waals surface area (Å²) in [6.45, 7) is 1.20. The average molecular weight is 423 g/mol. The van der Waals surface area contributed by atoms with Crippen LogP contribution >= 0.6 is 11.6 Å². The van der Waals surface area contributed by atoms with Crippen LogP contribution in [0.4, 0.5) is 5.69 Å². The van der Waals surface area contributed by atoms with Crippen LogP contribution in [0.3, 0.4) is 0 Å². The molecule has 8 heteroatoms. The zero-order valence-electron chi connectivity index (χ0n) is 15.8. The third-order valence-electron chi connectivity index (χ3n) is 4.76. The maximum Gasteiger partial charge on any atom is 0.264 e. The third-order valence-corrected chi connectivity index (χ3v) is 6.78. The topological polar surface area (TPSA) is 66.9 Å². The number of rotatable bonds is 6. The monoisotopic (exact) mass is 422 g/mol. The fraction of sp³-hybridized carbons (Fsp3) is 0.350. The number of nitrogens with zero attached hydrogens (tertiary/aromatic N) is 2. The second kappa shape index (κ2) is 8.51. The average Bonchev–Trinajstić information content (AvgIpc) is 3.19. The second-order valence-electron chi connectivity index (χ2n) is 6.80. The van der Waals surface area contributed by atoms with Gasteiger partial charge in [0.05, 0.1) is 16.7 Å². The van der Waals surface area contributed by atoms with Crippen molar-refractivity contribution in [3.05, 3.63) is 59.1 Å². The van der Waals surface area contributed by atoms with E-state index in [4.69, 9.17) is 16.3 Å². The highest BCUT2D eigenvalue weighted by molar-refractivity contribution is 7.92. The van der Waals surface area contributed by atoms with Crippen LogP contribution in [0.2, 0.25) is 5.02 Å². The first kappa shape index (κ1) is 20.6. The van der Waals surface area contributed by atoms with Gasteiger partial charge in [-0.2, -0.15) is 0 Å². The molecule has 1 heterocycles. The van der Waals surface area contributed by atoms with Gasteiger partial charge in [0.2, 0.25) is 0 Å². The predicted molar refractivity (Wildman–Crippen MR) is 109 cm³/mol. The van der Waals surface area contributed by atoms with Crippen LogP contribution in [-0.2, 0) is 14.8 Å². The van der Waals surface area contributed by atoms with Crippen molar-refractivity contribution in [1.82, 2.24) is 4.90 Å². The molecule has 28 heavy (non-hydrogen) atoms. The van der Waals surface area contributed by atoms with E-state index in [2.05, 4.69) is 0 Å². The molecule has 6 nitrogen and oxygen atoms in total. The Morgan fingerprint density at radius 1 is 1.18 bits per heavy atom. The van der Waals surface area contributed by atoms with Crippen LogP contribution in [-0.4, -0.2) is 52.6 Å². The van der Waals surface area contributed by atoms with Gasteiger partial charge in [-0.05, 0) is 49.2 Å². The summed E-state index contributed by atoms with van der Waals surface area (Å²) in [4.78, 5) is 14.4. The first-order chi connectivity index (χ1) is 13.3. The smallest absolute Gasteiger partial charge is 0.264 e. The first-order valence-electron chi connectivity index (χ1n) is 9.00. The van der Waals surface area contributed by atoms with Crippen molar-refractivity contribution in [2.75, 3.05) is 31.6 Å². The Labute approximate surface area is 170 Å². The lowest BCUT2D eigenvalue weighted by molar-refractivity contribution is 0.0587. The van der Waals surface area contributed by atoms with Crippen molar-refractivity contribution >= 4 is 33.2 Å². The van der Waals surface area contributed by atoms with Gasteiger partial charge >= 0.3 is 0 Å². The van der Waals surface area contributed by atoms with E-state index < -0.39 is 10.0 Å². The maximum absolute atomic E-state index is 13.0. The minimum absolute atomic E-state index is 0.0369. The van der Waals surface area contributed by atoms with Gasteiger partial charge in [-0.3, -0.25) is 9.10 Å². The van der Waals surface area contributed by atoms with E-state index >= 15 is 0 Å². The van der Waals surface area contributed by atoms with E-state index in [1.807, 2.05) is 0 Å². The van der Waals surface area contributed by atoms with Crippen molar-refractivity contribution in [2.45, 2.75) is 23.8 Å². The molecule has 0 aliphatic carbocycles. The number of amides is 1. The molecule has 2 aromatic rings. The van der Waals surface area contributed by atoms with Gasteiger partial charge in [0.25, 0.3) is 15.9 Å². The molecule has 1 fully saturated rings. The highest BCUT2D eigenvalue weighted by Crippen LogP contribution is 2.25. The van der Waals surface area contributed by atoms with Gasteiger partial charge in [-0.1, -0.05) is 23.7 Å². The van der Waals surface area contributed by atoms with Crippen LogP contribution in [0.25, 0.3) is 0 Å². The van der Waals surface area contributed by atoms with Crippen LogP contribution in [0.15, 0.2) is 53.4 Å². The SMILES string of the molecule is CN(CC1CCCO1)C(=O)c1cccc(S(=O)(=O)N(C)c2cccc(Cl)c2)c1. The van der Waals surface area contributed by atoms with E-state index in [9.17, 15) is 13.2 Å². The molecule has 150 valence electrons. The number of hydrogen-bond acceptors (Lipinski definition) is 4. The van der Waals surface area contributed by atoms with Crippen molar-refractivity contribution < 1.29 is 17.9 Å². The van der Waals surface area contributed by atoms with Gasteiger partial charge in [0.15, 0.2) is 0 Å². The Kier molecular flexibility index (Phi) is 6.27. The lowest BCUT2D eigenvalue weighted by atomic mass is 10.2. The Morgan fingerprint density at radius 2 is 1.93 bits per heavy atom. The molecule has 0 N–H and O–H groups in total. The third kappa shape index (κ3) is 4.48. The Hall–Kier alpha value is -2.09. The Bertz CT molecular complexity index is 958. The van der Waals surface area contributed by atoms with E-state index in [0.29, 0.717) is 22.8 Å². The number of anilines is 1. The number of ether oxygens (including phenoxy) is 1. The molecule has 1 aliphatic rings. The van der Waals surface area contributed by atoms with Crippen molar-refractivity contribution in [1.29, 1.82) is 0 Å². The summed E-state index contributed by atoms with van der Waals surface area (Å²) in [6, 6.07) is 12.7. The zero-order valence-corrected chi connectivity index (χ0v) is 17.4. The normalized spacial score (nSPS) is 16.8. The summed E-state index contributed by atoms with van der Waals surface area (Å²) < 4.78 is 32.7. The molecule has 0 bridgehead atoms. The second-order valence-corrected chi connectivity index (χ2v) is 9.21. The molecule has 1 atom stereocenters. The molecular weight excluding hydrogens is 400 g/mol. The van der Waals surface area contributed by atoms with Gasteiger partial charge in [-0.15, -0.1) is 0 Å². The summed E-state index contributed by atoms with van der Waals surface area (Å²) in [5.41, 5.74) is 0.765. The lowest BCUT2D eigenvalue weighted by Gasteiger charge is -2.22. The lowest BCUT2D eigenvalue weighted by Crippen LogP contribution is -2.34. The van der Waals surface area contributed by atoms with Crippen LogP contribution in [0, 0.1) is 0 Å². The van der Waals surface area contributed by atoms with Crippen LogP contribution in [0.5, 0.6) is 0 Å². The highest BCUT2D eigenvalue weighted by atomic mass is 35.5. The number of halogens is 1. The number of hydrogen-bond donors (Lipinski definition) is 0. The standard InChI is InChI=1S/C20H23ClN2O4S/c1-22(14-18-9-5-11-27-18)20(24)15-6-3-10-19(12-15)28(25,26)23(2)17-8-4-7-16(21)13-17/h3-4,6-8,10,12-13,18H,5,9,11,14H2,1-2H3. The molecule has 0 saturated carbocycles. The summed E-state index contributed by atoms with van der Waals surface area (Å²) in [7, 11) is -0.679. The number of benzene rings is 2. The molecule has 3 rings (SSSR count). The fourth-order valence-electron chi connectivity index (χ4n) is 3.16. The van der Waals surface area contributed by atoms with Gasteiger partial charge in [0, 0.05) is 37.8 Å². The zero-order chi connectivity index (χ0) is 20.3. The van der Waals surface area contributed by atoms with E-state index in [1.54, 1.807) is 48.3 Å². The molecule has 2 aromatic carbocycles. The molecule has 0 aromatic heterocycles. The summed E-state index contributed by atoms with van der Waals surface area (Å²) in [6.07, 6.45) is 1.96. The van der Waals surface area contributed by atoms with E-state index in [-0.39, 0.29) is 16.9 Å². The van der Waals surface area contributed by atoms with Crippen molar-refractivity contribution in [3.8, 4) is 0 Å². The summed E-state index contributed by atoms with van der Waals surface area (Å²) in [5.74, 6) is -0.238. The molecule has 1 saturated heterocycles. The maximum atomic E-state index is 13.0. The molecule has 0 spiro atoms. The number of carbonyl (C=O) groups excluding carboxylic acids is 1. The van der Waals surface area contributed by atoms with Crippen LogP contribution < -0.4 is 4.31 Å².